The first-order valence-electron chi connectivity index (χ1n) is 6.76. The third-order valence-electron chi connectivity index (χ3n) is 4.16. The Hall–Kier alpha value is -1.55. The standard InChI is InChI=1S/C15H22N2O2/c1-11-12(6-5-7-13(11)19-2)10-17-15(14(16)18)8-3-4-9-15/h5-7,17H,3-4,8-10H2,1-2H3,(H2,16,18). The highest BCUT2D eigenvalue weighted by Crippen LogP contribution is 2.30. The number of nitrogens with one attached hydrogen (secondary N) is 1. The lowest BCUT2D eigenvalue weighted by atomic mass is 9.96. The van der Waals surface area contributed by atoms with Gasteiger partial charge in [-0.2, -0.15) is 0 Å². The lowest BCUT2D eigenvalue weighted by molar-refractivity contribution is -0.124. The molecule has 1 aromatic rings. The fourth-order valence-corrected chi connectivity index (χ4v) is 2.83. The van der Waals surface area contributed by atoms with Crippen LogP contribution in [0.4, 0.5) is 0 Å². The number of rotatable bonds is 5. The molecule has 1 fully saturated rings. The van der Waals surface area contributed by atoms with Crippen LogP contribution >= 0.6 is 0 Å². The maximum atomic E-state index is 11.7. The average molecular weight is 262 g/mol. The van der Waals surface area contributed by atoms with Crippen LogP contribution < -0.4 is 15.8 Å². The summed E-state index contributed by atoms with van der Waals surface area (Å²) in [4.78, 5) is 11.7. The number of amides is 1. The Labute approximate surface area is 114 Å². The van der Waals surface area contributed by atoms with Gasteiger partial charge in [0.15, 0.2) is 0 Å². The second-order valence-corrected chi connectivity index (χ2v) is 5.25. The molecule has 0 aromatic heterocycles. The SMILES string of the molecule is COc1cccc(CNC2(C(N)=O)CCCC2)c1C. The molecule has 0 saturated heterocycles. The minimum Gasteiger partial charge on any atom is -0.496 e. The minimum absolute atomic E-state index is 0.231. The van der Waals surface area contributed by atoms with Crippen LogP contribution in [0.15, 0.2) is 18.2 Å². The predicted octanol–water partition coefficient (Wildman–Crippen LogP) is 1.89. The van der Waals surface area contributed by atoms with Crippen molar-refractivity contribution >= 4 is 5.91 Å². The van der Waals surface area contributed by atoms with Crippen LogP contribution in [0.2, 0.25) is 0 Å². The topological polar surface area (TPSA) is 64.3 Å². The van der Waals surface area contributed by atoms with Crippen molar-refractivity contribution in [3.8, 4) is 5.75 Å². The van der Waals surface area contributed by atoms with E-state index in [1.807, 2.05) is 19.1 Å². The molecule has 1 aromatic carbocycles. The summed E-state index contributed by atoms with van der Waals surface area (Å²) in [7, 11) is 1.67. The summed E-state index contributed by atoms with van der Waals surface area (Å²) in [5.74, 6) is 0.643. The predicted molar refractivity (Wildman–Crippen MR) is 75.0 cm³/mol. The fraction of sp³-hybridized carbons (Fsp3) is 0.533. The van der Waals surface area contributed by atoms with Crippen molar-refractivity contribution < 1.29 is 9.53 Å². The number of primary amides is 1. The smallest absolute Gasteiger partial charge is 0.237 e. The lowest BCUT2D eigenvalue weighted by Crippen LogP contribution is -2.53. The highest BCUT2D eigenvalue weighted by Gasteiger charge is 2.38. The Kier molecular flexibility index (Phi) is 4.10. The summed E-state index contributed by atoms with van der Waals surface area (Å²) < 4.78 is 5.31. The van der Waals surface area contributed by atoms with Crippen molar-refractivity contribution in [2.45, 2.75) is 44.7 Å². The Morgan fingerprint density at radius 1 is 1.42 bits per heavy atom. The number of ether oxygens (including phenoxy) is 1. The second-order valence-electron chi connectivity index (χ2n) is 5.25. The first kappa shape index (κ1) is 13.9. The fourth-order valence-electron chi connectivity index (χ4n) is 2.83. The van der Waals surface area contributed by atoms with Gasteiger partial charge in [-0.1, -0.05) is 25.0 Å². The van der Waals surface area contributed by atoms with Gasteiger partial charge in [-0.05, 0) is 37.0 Å². The normalized spacial score (nSPS) is 17.4. The van der Waals surface area contributed by atoms with Gasteiger partial charge in [0, 0.05) is 6.54 Å². The van der Waals surface area contributed by atoms with Crippen molar-refractivity contribution in [2.75, 3.05) is 7.11 Å². The van der Waals surface area contributed by atoms with Crippen molar-refractivity contribution in [1.82, 2.24) is 5.32 Å². The summed E-state index contributed by atoms with van der Waals surface area (Å²) in [6.45, 7) is 2.67. The Morgan fingerprint density at radius 2 is 2.11 bits per heavy atom. The average Bonchev–Trinajstić information content (AvgIpc) is 2.88. The third-order valence-corrected chi connectivity index (χ3v) is 4.16. The quantitative estimate of drug-likeness (QED) is 0.851. The van der Waals surface area contributed by atoms with Crippen molar-refractivity contribution in [3.05, 3.63) is 29.3 Å². The van der Waals surface area contributed by atoms with E-state index < -0.39 is 5.54 Å². The van der Waals surface area contributed by atoms with Crippen LogP contribution in [-0.4, -0.2) is 18.6 Å². The maximum Gasteiger partial charge on any atom is 0.237 e. The lowest BCUT2D eigenvalue weighted by Gasteiger charge is -2.27. The highest BCUT2D eigenvalue weighted by atomic mass is 16.5. The van der Waals surface area contributed by atoms with Crippen LogP contribution in [0.5, 0.6) is 5.75 Å². The maximum absolute atomic E-state index is 11.7. The third kappa shape index (κ3) is 2.73. The van der Waals surface area contributed by atoms with Crippen LogP contribution in [0.3, 0.4) is 0 Å². The summed E-state index contributed by atoms with van der Waals surface area (Å²) in [6, 6.07) is 5.96. The van der Waals surface area contributed by atoms with Crippen LogP contribution in [0, 0.1) is 6.92 Å². The second kappa shape index (κ2) is 5.61. The molecule has 0 bridgehead atoms. The number of benzene rings is 1. The van der Waals surface area contributed by atoms with Gasteiger partial charge in [0.05, 0.1) is 12.6 Å². The minimum atomic E-state index is -0.518. The molecule has 1 amide bonds. The van der Waals surface area contributed by atoms with Gasteiger partial charge in [0.2, 0.25) is 5.91 Å². The largest absolute Gasteiger partial charge is 0.496 e. The molecule has 0 atom stereocenters. The van der Waals surface area contributed by atoms with E-state index in [-0.39, 0.29) is 5.91 Å². The van der Waals surface area contributed by atoms with E-state index in [0.717, 1.165) is 42.6 Å². The molecule has 3 N–H and O–H groups in total. The molecule has 0 heterocycles. The molecular formula is C15H22N2O2. The summed E-state index contributed by atoms with van der Waals surface area (Å²) in [6.07, 6.45) is 3.80. The molecule has 4 nitrogen and oxygen atoms in total. The molecule has 19 heavy (non-hydrogen) atoms. The van der Waals surface area contributed by atoms with E-state index in [1.165, 1.54) is 0 Å². The van der Waals surface area contributed by atoms with Crippen molar-refractivity contribution in [2.24, 2.45) is 5.73 Å². The van der Waals surface area contributed by atoms with Gasteiger partial charge in [0.25, 0.3) is 0 Å². The van der Waals surface area contributed by atoms with E-state index in [9.17, 15) is 4.79 Å². The molecule has 1 aliphatic rings. The van der Waals surface area contributed by atoms with Gasteiger partial charge in [0.1, 0.15) is 5.75 Å². The number of hydrogen-bond acceptors (Lipinski definition) is 3. The summed E-state index contributed by atoms with van der Waals surface area (Å²) in [5, 5.41) is 3.37. The van der Waals surface area contributed by atoms with Crippen LogP contribution in [-0.2, 0) is 11.3 Å². The number of hydrogen-bond donors (Lipinski definition) is 2. The highest BCUT2D eigenvalue weighted by molar-refractivity contribution is 5.85. The van der Waals surface area contributed by atoms with Crippen LogP contribution in [0.1, 0.15) is 36.8 Å². The zero-order valence-corrected chi connectivity index (χ0v) is 11.7. The Balaban J connectivity index is 2.12. The van der Waals surface area contributed by atoms with Gasteiger partial charge in [-0.25, -0.2) is 0 Å². The van der Waals surface area contributed by atoms with Crippen molar-refractivity contribution in [3.63, 3.8) is 0 Å². The molecule has 104 valence electrons. The molecule has 4 heteroatoms. The Morgan fingerprint density at radius 3 is 2.68 bits per heavy atom. The molecule has 0 unspecified atom stereocenters. The monoisotopic (exact) mass is 262 g/mol. The summed E-state index contributed by atoms with van der Waals surface area (Å²) in [5.41, 5.74) is 7.30. The van der Waals surface area contributed by atoms with E-state index in [0.29, 0.717) is 6.54 Å². The molecular weight excluding hydrogens is 240 g/mol. The van der Waals surface area contributed by atoms with Gasteiger partial charge >= 0.3 is 0 Å². The zero-order valence-electron chi connectivity index (χ0n) is 11.7. The van der Waals surface area contributed by atoms with E-state index >= 15 is 0 Å². The van der Waals surface area contributed by atoms with Crippen LogP contribution in [0.25, 0.3) is 0 Å². The number of carbonyl (C=O) groups is 1. The molecule has 0 aliphatic heterocycles. The molecule has 2 rings (SSSR count). The first-order valence-corrected chi connectivity index (χ1v) is 6.76. The molecule has 1 saturated carbocycles. The van der Waals surface area contributed by atoms with E-state index in [1.54, 1.807) is 7.11 Å². The summed E-state index contributed by atoms with van der Waals surface area (Å²) >= 11 is 0. The van der Waals surface area contributed by atoms with E-state index in [2.05, 4.69) is 11.4 Å². The van der Waals surface area contributed by atoms with Gasteiger partial charge < -0.3 is 10.5 Å². The number of carbonyl (C=O) groups excluding carboxylic acids is 1. The van der Waals surface area contributed by atoms with Gasteiger partial charge in [-0.3, -0.25) is 10.1 Å². The number of methoxy groups -OCH3 is 1. The van der Waals surface area contributed by atoms with Gasteiger partial charge in [-0.15, -0.1) is 0 Å². The Bertz CT molecular complexity index is 465. The molecule has 1 aliphatic carbocycles. The molecule has 0 spiro atoms. The van der Waals surface area contributed by atoms with Crippen molar-refractivity contribution in [1.29, 1.82) is 0 Å². The van der Waals surface area contributed by atoms with E-state index in [4.69, 9.17) is 10.5 Å². The number of nitrogens with two attached hydrogens (primary N) is 1. The first-order chi connectivity index (χ1) is 9.09. The molecule has 0 radical (unpaired) electrons. The zero-order chi connectivity index (χ0) is 13.9.